The Labute approximate surface area is 157 Å². The van der Waals surface area contributed by atoms with Gasteiger partial charge < -0.3 is 4.74 Å². The smallest absolute Gasteiger partial charge is 0.153 e. The van der Waals surface area contributed by atoms with Gasteiger partial charge in [-0.25, -0.2) is 9.97 Å². The number of hydrogen-bond acceptors (Lipinski definition) is 5. The van der Waals surface area contributed by atoms with Crippen LogP contribution in [0.1, 0.15) is 49.9 Å². The SMILES string of the molecule is COCc1ncc(CN2CCN(C34CC5CC(CC(C5)C3)C4)CC2)cn1. The molecule has 0 N–H and O–H groups in total. The van der Waals surface area contributed by atoms with Crippen LogP contribution in [-0.4, -0.2) is 58.6 Å². The fourth-order valence-electron chi connectivity index (χ4n) is 6.76. The van der Waals surface area contributed by atoms with Gasteiger partial charge in [-0.05, 0) is 56.3 Å². The van der Waals surface area contributed by atoms with Crippen molar-refractivity contribution in [3.8, 4) is 0 Å². The molecule has 0 radical (unpaired) electrons. The van der Waals surface area contributed by atoms with Gasteiger partial charge in [0, 0.05) is 63.3 Å². The van der Waals surface area contributed by atoms with E-state index in [1.165, 1.54) is 70.3 Å². The molecule has 4 saturated carbocycles. The van der Waals surface area contributed by atoms with E-state index in [2.05, 4.69) is 19.8 Å². The summed E-state index contributed by atoms with van der Waals surface area (Å²) < 4.78 is 5.09. The van der Waals surface area contributed by atoms with Crippen LogP contribution in [0, 0.1) is 17.8 Å². The summed E-state index contributed by atoms with van der Waals surface area (Å²) in [5, 5.41) is 0. The largest absolute Gasteiger partial charge is 0.377 e. The van der Waals surface area contributed by atoms with Gasteiger partial charge in [0.1, 0.15) is 6.61 Å². The zero-order valence-corrected chi connectivity index (χ0v) is 16.1. The molecule has 0 amide bonds. The molecule has 1 aliphatic heterocycles. The van der Waals surface area contributed by atoms with E-state index in [1.54, 1.807) is 7.11 Å². The molecule has 1 aromatic heterocycles. The van der Waals surface area contributed by atoms with Crippen LogP contribution in [0.4, 0.5) is 0 Å². The van der Waals surface area contributed by atoms with Crippen LogP contribution in [0.2, 0.25) is 0 Å². The number of piperazine rings is 1. The van der Waals surface area contributed by atoms with Crippen molar-refractivity contribution in [2.45, 2.75) is 57.2 Å². The van der Waals surface area contributed by atoms with Crippen LogP contribution in [0.5, 0.6) is 0 Å². The van der Waals surface area contributed by atoms with Crippen molar-refractivity contribution in [3.05, 3.63) is 23.8 Å². The molecule has 2 heterocycles. The summed E-state index contributed by atoms with van der Waals surface area (Å²) in [6.07, 6.45) is 13.0. The lowest BCUT2D eigenvalue weighted by Gasteiger charge is -2.61. The van der Waals surface area contributed by atoms with Crippen LogP contribution in [0.25, 0.3) is 0 Å². The molecule has 4 bridgehead atoms. The highest BCUT2D eigenvalue weighted by Crippen LogP contribution is 2.57. The summed E-state index contributed by atoms with van der Waals surface area (Å²) in [5.41, 5.74) is 1.79. The van der Waals surface area contributed by atoms with Crippen LogP contribution in [0.15, 0.2) is 12.4 Å². The van der Waals surface area contributed by atoms with E-state index in [4.69, 9.17) is 4.74 Å². The van der Waals surface area contributed by atoms with Gasteiger partial charge in [-0.2, -0.15) is 0 Å². The molecule has 0 unspecified atom stereocenters. The topological polar surface area (TPSA) is 41.5 Å². The van der Waals surface area contributed by atoms with Gasteiger partial charge in [0.25, 0.3) is 0 Å². The quantitative estimate of drug-likeness (QED) is 0.811. The highest BCUT2D eigenvalue weighted by molar-refractivity contribution is 5.09. The molecule has 0 aromatic carbocycles. The van der Waals surface area contributed by atoms with E-state index in [0.717, 1.165) is 30.1 Å². The average Bonchev–Trinajstić information content (AvgIpc) is 2.63. The maximum absolute atomic E-state index is 5.09. The van der Waals surface area contributed by atoms with E-state index in [-0.39, 0.29) is 0 Å². The van der Waals surface area contributed by atoms with Crippen LogP contribution < -0.4 is 0 Å². The van der Waals surface area contributed by atoms with E-state index in [0.29, 0.717) is 12.1 Å². The predicted octanol–water partition coefficient (Wildman–Crippen LogP) is 2.71. The molecule has 6 rings (SSSR count). The summed E-state index contributed by atoms with van der Waals surface area (Å²) in [4.78, 5) is 14.3. The number of rotatable bonds is 5. The molecule has 0 spiro atoms. The maximum Gasteiger partial charge on any atom is 0.153 e. The minimum atomic E-state index is 0.490. The Morgan fingerprint density at radius 3 is 2.08 bits per heavy atom. The van der Waals surface area contributed by atoms with Gasteiger partial charge in [0.05, 0.1) is 0 Å². The van der Waals surface area contributed by atoms with Gasteiger partial charge in [-0.3, -0.25) is 9.80 Å². The molecule has 4 aliphatic carbocycles. The van der Waals surface area contributed by atoms with Crippen molar-refractivity contribution in [1.29, 1.82) is 0 Å². The number of aromatic nitrogens is 2. The van der Waals surface area contributed by atoms with Crippen molar-refractivity contribution in [2.24, 2.45) is 17.8 Å². The van der Waals surface area contributed by atoms with Gasteiger partial charge >= 0.3 is 0 Å². The summed E-state index contributed by atoms with van der Waals surface area (Å²) in [6.45, 7) is 6.32. The van der Waals surface area contributed by atoms with Gasteiger partial charge in [0.2, 0.25) is 0 Å². The summed E-state index contributed by atoms with van der Waals surface area (Å²) in [7, 11) is 1.68. The Balaban J connectivity index is 1.18. The lowest BCUT2D eigenvalue weighted by atomic mass is 9.52. The Hall–Kier alpha value is -1.04. The fraction of sp³-hybridized carbons (Fsp3) is 0.810. The number of hydrogen-bond donors (Lipinski definition) is 0. The minimum Gasteiger partial charge on any atom is -0.377 e. The first kappa shape index (κ1) is 17.1. The molecular weight excluding hydrogens is 324 g/mol. The second-order valence-corrected chi connectivity index (χ2v) is 9.35. The van der Waals surface area contributed by atoms with E-state index < -0.39 is 0 Å². The molecule has 1 saturated heterocycles. The molecule has 5 aliphatic rings. The van der Waals surface area contributed by atoms with E-state index in [1.807, 2.05) is 12.4 Å². The lowest BCUT2D eigenvalue weighted by molar-refractivity contribution is -0.101. The third-order valence-corrected chi connectivity index (χ3v) is 7.49. The third-order valence-electron chi connectivity index (χ3n) is 7.49. The average molecular weight is 357 g/mol. The van der Waals surface area contributed by atoms with Crippen LogP contribution >= 0.6 is 0 Å². The van der Waals surface area contributed by atoms with Gasteiger partial charge in [-0.1, -0.05) is 0 Å². The maximum atomic E-state index is 5.09. The van der Waals surface area contributed by atoms with Gasteiger partial charge in [0.15, 0.2) is 5.82 Å². The summed E-state index contributed by atoms with van der Waals surface area (Å²) >= 11 is 0. The number of nitrogens with zero attached hydrogens (tertiary/aromatic N) is 4. The Morgan fingerprint density at radius 2 is 1.54 bits per heavy atom. The monoisotopic (exact) mass is 356 g/mol. The minimum absolute atomic E-state index is 0.490. The summed E-state index contributed by atoms with van der Waals surface area (Å²) in [6, 6.07) is 0. The lowest BCUT2D eigenvalue weighted by Crippen LogP contribution is -2.63. The van der Waals surface area contributed by atoms with Crippen molar-refractivity contribution in [3.63, 3.8) is 0 Å². The number of ether oxygens (including phenoxy) is 1. The summed E-state index contributed by atoms with van der Waals surface area (Å²) in [5.74, 6) is 3.90. The molecule has 5 fully saturated rings. The Bertz CT molecular complexity index is 588. The first-order valence-corrected chi connectivity index (χ1v) is 10.5. The van der Waals surface area contributed by atoms with E-state index >= 15 is 0 Å². The molecule has 26 heavy (non-hydrogen) atoms. The molecule has 142 valence electrons. The van der Waals surface area contributed by atoms with Gasteiger partial charge in [-0.15, -0.1) is 0 Å². The second kappa shape index (κ2) is 6.84. The van der Waals surface area contributed by atoms with Crippen LogP contribution in [-0.2, 0) is 17.9 Å². The van der Waals surface area contributed by atoms with Crippen molar-refractivity contribution in [1.82, 2.24) is 19.8 Å². The molecule has 5 nitrogen and oxygen atoms in total. The van der Waals surface area contributed by atoms with E-state index in [9.17, 15) is 0 Å². The first-order valence-electron chi connectivity index (χ1n) is 10.5. The molecule has 0 atom stereocenters. The zero-order valence-electron chi connectivity index (χ0n) is 16.1. The van der Waals surface area contributed by atoms with Crippen molar-refractivity contribution in [2.75, 3.05) is 33.3 Å². The zero-order chi connectivity index (χ0) is 17.6. The fourth-order valence-corrected chi connectivity index (χ4v) is 6.76. The predicted molar refractivity (Wildman–Crippen MR) is 100 cm³/mol. The normalized spacial score (nSPS) is 37.3. The molecule has 5 heteroatoms. The van der Waals surface area contributed by atoms with Crippen molar-refractivity contribution < 1.29 is 4.74 Å². The van der Waals surface area contributed by atoms with Crippen LogP contribution in [0.3, 0.4) is 0 Å². The number of methoxy groups -OCH3 is 1. The highest BCUT2D eigenvalue weighted by atomic mass is 16.5. The van der Waals surface area contributed by atoms with Crippen molar-refractivity contribution >= 4 is 0 Å². The first-order chi connectivity index (χ1) is 12.7. The standard InChI is InChI=1S/C21H32N4O/c1-26-15-20-22-12-19(13-23-20)14-24-2-4-25(5-3-24)21-9-16-6-17(10-21)8-18(7-16)11-21/h12-13,16-18H,2-11,14-15H2,1H3. The molecule has 1 aromatic rings. The second-order valence-electron chi connectivity index (χ2n) is 9.35. The Kier molecular flexibility index (Phi) is 4.50. The highest BCUT2D eigenvalue weighted by Gasteiger charge is 2.53. The Morgan fingerprint density at radius 1 is 0.962 bits per heavy atom. The molecular formula is C21H32N4O. The third kappa shape index (κ3) is 3.19.